The van der Waals surface area contributed by atoms with E-state index in [1.165, 1.54) is 11.8 Å². The summed E-state index contributed by atoms with van der Waals surface area (Å²) in [4.78, 5) is 28.1. The lowest BCUT2D eigenvalue weighted by Gasteiger charge is -2.13. The Labute approximate surface area is 149 Å². The molecule has 1 atom stereocenters. The zero-order valence-electron chi connectivity index (χ0n) is 13.0. The van der Waals surface area contributed by atoms with Crippen LogP contribution in [0.3, 0.4) is 0 Å². The van der Waals surface area contributed by atoms with Crippen LogP contribution in [0.2, 0.25) is 5.02 Å². The van der Waals surface area contributed by atoms with E-state index in [1.807, 2.05) is 22.8 Å². The molecule has 0 aliphatic heterocycles. The van der Waals surface area contributed by atoms with Gasteiger partial charge >= 0.3 is 6.03 Å². The largest absolute Gasteiger partial charge is 0.335 e. The Kier molecular flexibility index (Phi) is 5.11. The molecule has 1 fully saturated rings. The fourth-order valence-electron chi connectivity index (χ4n) is 2.07. The molecule has 126 valence electrons. The van der Waals surface area contributed by atoms with E-state index < -0.39 is 11.3 Å². The molecule has 6 nitrogen and oxygen atoms in total. The van der Waals surface area contributed by atoms with Crippen LogP contribution in [0.4, 0.5) is 4.79 Å². The number of imidazole rings is 1. The number of hydrogen-bond acceptors (Lipinski definition) is 4. The number of carbonyl (C=O) groups excluding carboxylic acids is 2. The second-order valence-corrected chi connectivity index (χ2v) is 7.30. The molecule has 1 saturated carbocycles. The molecule has 1 heterocycles. The summed E-state index contributed by atoms with van der Waals surface area (Å²) in [7, 11) is 0. The number of amides is 3. The van der Waals surface area contributed by atoms with Gasteiger partial charge in [0.2, 0.25) is 5.91 Å². The van der Waals surface area contributed by atoms with Gasteiger partial charge in [-0.1, -0.05) is 29.4 Å². The summed E-state index contributed by atoms with van der Waals surface area (Å²) >= 11 is 7.30. The van der Waals surface area contributed by atoms with Gasteiger partial charge in [0.25, 0.3) is 0 Å². The number of hydrogen-bond donors (Lipinski definition) is 2. The molecule has 1 aliphatic rings. The number of thioether (sulfide) groups is 1. The Morgan fingerprint density at radius 3 is 2.92 bits per heavy atom. The van der Waals surface area contributed by atoms with Crippen molar-refractivity contribution in [2.75, 3.05) is 0 Å². The molecule has 0 bridgehead atoms. The van der Waals surface area contributed by atoms with E-state index >= 15 is 0 Å². The van der Waals surface area contributed by atoms with Crippen LogP contribution in [0.15, 0.2) is 41.8 Å². The molecule has 0 radical (unpaired) electrons. The summed E-state index contributed by atoms with van der Waals surface area (Å²) in [6.45, 7) is 1.74. The number of benzene rings is 1. The van der Waals surface area contributed by atoms with Crippen LogP contribution in [-0.2, 0) is 4.79 Å². The quantitative estimate of drug-likeness (QED) is 0.800. The SMILES string of the molecule is C[C@@H](Sc1nccn1-c1cccc(Cl)c1)C(=O)NC(=O)NC1CC1. The van der Waals surface area contributed by atoms with E-state index in [0.29, 0.717) is 10.2 Å². The van der Waals surface area contributed by atoms with Crippen LogP contribution in [0.1, 0.15) is 19.8 Å². The Balaban J connectivity index is 1.64. The van der Waals surface area contributed by atoms with E-state index in [2.05, 4.69) is 15.6 Å². The third-order valence-corrected chi connectivity index (χ3v) is 4.81. The van der Waals surface area contributed by atoms with Crippen LogP contribution in [0.5, 0.6) is 0 Å². The molecule has 24 heavy (non-hydrogen) atoms. The smallest absolute Gasteiger partial charge is 0.321 e. The van der Waals surface area contributed by atoms with Crippen LogP contribution < -0.4 is 10.6 Å². The standard InChI is InChI=1S/C16H17ClN4O2S/c1-10(14(22)20-15(23)19-12-5-6-12)24-16-18-7-8-21(16)13-4-2-3-11(17)9-13/h2-4,7-10,12H,5-6H2,1H3,(H2,19,20,22,23)/t10-/m1/s1. The molecule has 0 spiro atoms. The van der Waals surface area contributed by atoms with Crippen molar-refractivity contribution < 1.29 is 9.59 Å². The van der Waals surface area contributed by atoms with Gasteiger partial charge < -0.3 is 5.32 Å². The molecule has 1 aromatic heterocycles. The van der Waals surface area contributed by atoms with E-state index in [0.717, 1.165) is 18.5 Å². The minimum atomic E-state index is -0.463. The highest BCUT2D eigenvalue weighted by Crippen LogP contribution is 2.25. The van der Waals surface area contributed by atoms with Gasteiger partial charge in [0, 0.05) is 29.1 Å². The first-order valence-electron chi connectivity index (χ1n) is 7.60. The number of nitrogens with one attached hydrogen (secondary N) is 2. The normalized spacial score (nSPS) is 14.9. The predicted octanol–water partition coefficient (Wildman–Crippen LogP) is 2.99. The van der Waals surface area contributed by atoms with Crippen LogP contribution in [0.25, 0.3) is 5.69 Å². The maximum Gasteiger partial charge on any atom is 0.321 e. The molecule has 0 saturated heterocycles. The van der Waals surface area contributed by atoms with E-state index in [-0.39, 0.29) is 11.9 Å². The minimum absolute atomic E-state index is 0.211. The number of imide groups is 1. The molecule has 3 rings (SSSR count). The first kappa shape index (κ1) is 16.9. The highest BCUT2D eigenvalue weighted by atomic mass is 35.5. The highest BCUT2D eigenvalue weighted by Gasteiger charge is 2.25. The topological polar surface area (TPSA) is 76.0 Å². The summed E-state index contributed by atoms with van der Waals surface area (Å²) < 4.78 is 1.85. The van der Waals surface area contributed by atoms with Crippen LogP contribution in [0, 0.1) is 0 Å². The zero-order valence-corrected chi connectivity index (χ0v) is 14.6. The number of aromatic nitrogens is 2. The molecule has 3 amide bonds. The Bertz CT molecular complexity index is 760. The Morgan fingerprint density at radius 2 is 2.21 bits per heavy atom. The van der Waals surface area contributed by atoms with Crippen molar-refractivity contribution in [3.05, 3.63) is 41.7 Å². The Hall–Kier alpha value is -1.99. The molecular formula is C16H17ClN4O2S. The zero-order chi connectivity index (χ0) is 17.1. The third-order valence-electron chi connectivity index (χ3n) is 3.49. The third kappa shape index (κ3) is 4.30. The van der Waals surface area contributed by atoms with Crippen molar-refractivity contribution in [3.63, 3.8) is 0 Å². The van der Waals surface area contributed by atoms with Crippen molar-refractivity contribution in [1.29, 1.82) is 0 Å². The predicted molar refractivity (Wildman–Crippen MR) is 93.6 cm³/mol. The highest BCUT2D eigenvalue weighted by molar-refractivity contribution is 8.00. The molecule has 0 unspecified atom stereocenters. The number of rotatable bonds is 5. The second-order valence-electron chi connectivity index (χ2n) is 5.56. The van der Waals surface area contributed by atoms with Crippen LogP contribution in [-0.4, -0.2) is 32.8 Å². The van der Waals surface area contributed by atoms with E-state index in [1.54, 1.807) is 25.4 Å². The van der Waals surface area contributed by atoms with Crippen molar-refractivity contribution in [2.24, 2.45) is 0 Å². The molecule has 2 aromatic rings. The number of urea groups is 1. The van der Waals surface area contributed by atoms with Gasteiger partial charge in [-0.3, -0.25) is 14.7 Å². The molecule has 2 N–H and O–H groups in total. The first-order chi connectivity index (χ1) is 11.5. The van der Waals surface area contributed by atoms with E-state index in [9.17, 15) is 9.59 Å². The van der Waals surface area contributed by atoms with Gasteiger partial charge in [-0.05, 0) is 38.0 Å². The summed E-state index contributed by atoms with van der Waals surface area (Å²) in [5.41, 5.74) is 0.863. The first-order valence-corrected chi connectivity index (χ1v) is 8.86. The Morgan fingerprint density at radius 1 is 1.42 bits per heavy atom. The van der Waals surface area contributed by atoms with Crippen LogP contribution >= 0.6 is 23.4 Å². The van der Waals surface area contributed by atoms with Crippen molar-refractivity contribution in [3.8, 4) is 5.69 Å². The maximum absolute atomic E-state index is 12.1. The number of nitrogens with zero attached hydrogens (tertiary/aromatic N) is 2. The average Bonchev–Trinajstić information content (AvgIpc) is 3.22. The van der Waals surface area contributed by atoms with Gasteiger partial charge in [0.1, 0.15) is 0 Å². The lowest BCUT2D eigenvalue weighted by atomic mass is 10.3. The fourth-order valence-corrected chi connectivity index (χ4v) is 3.14. The van der Waals surface area contributed by atoms with Gasteiger partial charge in [-0.25, -0.2) is 9.78 Å². The summed E-state index contributed by atoms with van der Waals surface area (Å²) in [5.74, 6) is -0.348. The average molecular weight is 365 g/mol. The van der Waals surface area contributed by atoms with E-state index in [4.69, 9.17) is 11.6 Å². The number of halogens is 1. The van der Waals surface area contributed by atoms with Crippen molar-refractivity contribution in [1.82, 2.24) is 20.2 Å². The van der Waals surface area contributed by atoms with Gasteiger partial charge in [-0.2, -0.15) is 0 Å². The fraction of sp³-hybridized carbons (Fsp3) is 0.312. The lowest BCUT2D eigenvalue weighted by molar-refractivity contribution is -0.119. The monoisotopic (exact) mass is 364 g/mol. The molecule has 1 aliphatic carbocycles. The summed E-state index contributed by atoms with van der Waals surface area (Å²) in [6, 6.07) is 7.15. The van der Waals surface area contributed by atoms with Gasteiger partial charge in [-0.15, -0.1) is 0 Å². The lowest BCUT2D eigenvalue weighted by Crippen LogP contribution is -2.43. The molecule has 8 heteroatoms. The minimum Gasteiger partial charge on any atom is -0.335 e. The van der Waals surface area contributed by atoms with Gasteiger partial charge in [0.15, 0.2) is 5.16 Å². The summed E-state index contributed by atoms with van der Waals surface area (Å²) in [6.07, 6.45) is 5.41. The summed E-state index contributed by atoms with van der Waals surface area (Å²) in [5, 5.41) is 5.91. The van der Waals surface area contributed by atoms with Crippen molar-refractivity contribution >= 4 is 35.3 Å². The van der Waals surface area contributed by atoms with Gasteiger partial charge in [0.05, 0.1) is 5.25 Å². The maximum atomic E-state index is 12.1. The van der Waals surface area contributed by atoms with Crippen molar-refractivity contribution in [2.45, 2.75) is 36.2 Å². The molecule has 1 aromatic carbocycles. The second kappa shape index (κ2) is 7.27. The number of carbonyl (C=O) groups is 2. The molecular weight excluding hydrogens is 348 g/mol.